The van der Waals surface area contributed by atoms with Gasteiger partial charge in [0.05, 0.1) is 6.10 Å². The van der Waals surface area contributed by atoms with Gasteiger partial charge in [-0.25, -0.2) is 0 Å². The van der Waals surface area contributed by atoms with Crippen molar-refractivity contribution in [3.63, 3.8) is 0 Å². The molecule has 0 aliphatic carbocycles. The highest BCUT2D eigenvalue weighted by Gasteiger charge is 2.28. The molecule has 6 heteroatoms. The molecule has 1 aromatic rings. The molecule has 1 unspecified atom stereocenters. The average molecular weight is 291 g/mol. The molecule has 0 amide bonds. The normalized spacial score (nSPS) is 13.6. The number of nitrogens with zero attached hydrogens (tertiary/aromatic N) is 1. The van der Waals surface area contributed by atoms with Crippen LogP contribution in [0.3, 0.4) is 0 Å². The second kappa shape index (κ2) is 7.50. The molecule has 0 saturated heterocycles. The van der Waals surface area contributed by atoms with Crippen LogP contribution in [0.1, 0.15) is 18.9 Å². The number of hydrogen-bond acceptors (Lipinski definition) is 3. The molecule has 0 heterocycles. The van der Waals surface area contributed by atoms with Gasteiger partial charge in [-0.2, -0.15) is 13.2 Å². The second-order valence-corrected chi connectivity index (χ2v) is 4.92. The molecule has 20 heavy (non-hydrogen) atoms. The fourth-order valence-electron chi connectivity index (χ4n) is 1.65. The molecule has 0 aliphatic heterocycles. The van der Waals surface area contributed by atoms with Crippen molar-refractivity contribution in [2.75, 3.05) is 20.2 Å². The Balaban J connectivity index is 2.42. The predicted octanol–water partition coefficient (Wildman–Crippen LogP) is 2.83. The highest BCUT2D eigenvalue weighted by atomic mass is 19.4. The molecule has 1 atom stereocenters. The number of rotatable bonds is 7. The molecular weight excluding hydrogens is 271 g/mol. The third-order valence-corrected chi connectivity index (χ3v) is 2.71. The van der Waals surface area contributed by atoms with Gasteiger partial charge in [-0.1, -0.05) is 12.1 Å². The summed E-state index contributed by atoms with van der Waals surface area (Å²) < 4.78 is 40.6. The minimum absolute atomic E-state index is 0.206. The van der Waals surface area contributed by atoms with E-state index in [-0.39, 0.29) is 11.9 Å². The summed E-state index contributed by atoms with van der Waals surface area (Å²) >= 11 is 0. The van der Waals surface area contributed by atoms with Crippen LogP contribution < -0.4 is 4.74 Å². The summed E-state index contributed by atoms with van der Waals surface area (Å²) in [5, 5.41) is 9.19. The summed E-state index contributed by atoms with van der Waals surface area (Å²) in [4.78, 5) is 2.04. The lowest BCUT2D eigenvalue weighted by Gasteiger charge is -2.17. The molecule has 0 spiro atoms. The number of aliphatic hydroxyl groups excluding tert-OH is 1. The number of ether oxygens (including phenoxy) is 1. The van der Waals surface area contributed by atoms with Gasteiger partial charge >= 0.3 is 6.18 Å². The molecule has 1 rings (SSSR count). The van der Waals surface area contributed by atoms with Gasteiger partial charge in [-0.05, 0) is 38.1 Å². The van der Waals surface area contributed by atoms with E-state index in [4.69, 9.17) is 0 Å². The molecular formula is C14H20F3NO2. The highest BCUT2D eigenvalue weighted by molar-refractivity contribution is 5.27. The van der Waals surface area contributed by atoms with Gasteiger partial charge in [0.2, 0.25) is 0 Å². The Morgan fingerprint density at radius 2 is 1.85 bits per heavy atom. The Kier molecular flexibility index (Phi) is 6.29. The van der Waals surface area contributed by atoms with E-state index in [2.05, 4.69) is 4.74 Å². The van der Waals surface area contributed by atoms with Crippen LogP contribution >= 0.6 is 0 Å². The van der Waals surface area contributed by atoms with Crippen LogP contribution in [0, 0.1) is 0 Å². The zero-order chi connectivity index (χ0) is 15.2. The Morgan fingerprint density at radius 1 is 1.25 bits per heavy atom. The Bertz CT molecular complexity index is 390. The lowest BCUT2D eigenvalue weighted by atomic mass is 10.2. The van der Waals surface area contributed by atoms with Crippen LogP contribution in [0.4, 0.5) is 13.2 Å². The SMILES string of the molecule is CC(O)CCN(C)Cc1ccc(OCC(F)(F)F)cc1. The van der Waals surface area contributed by atoms with E-state index in [9.17, 15) is 18.3 Å². The van der Waals surface area contributed by atoms with Gasteiger partial charge in [0.15, 0.2) is 6.61 Å². The molecule has 0 bridgehead atoms. The highest BCUT2D eigenvalue weighted by Crippen LogP contribution is 2.19. The molecule has 0 fully saturated rings. The quantitative estimate of drug-likeness (QED) is 0.838. The third-order valence-electron chi connectivity index (χ3n) is 2.71. The van der Waals surface area contributed by atoms with Crippen LogP contribution in [0.5, 0.6) is 5.75 Å². The summed E-state index contributed by atoms with van der Waals surface area (Å²) in [6, 6.07) is 6.54. The van der Waals surface area contributed by atoms with Crippen molar-refractivity contribution in [3.05, 3.63) is 29.8 Å². The van der Waals surface area contributed by atoms with Gasteiger partial charge in [-0.3, -0.25) is 0 Å². The fraction of sp³-hybridized carbons (Fsp3) is 0.571. The monoisotopic (exact) mass is 291 g/mol. The van der Waals surface area contributed by atoms with Crippen LogP contribution in [0.15, 0.2) is 24.3 Å². The maximum absolute atomic E-state index is 12.0. The van der Waals surface area contributed by atoms with E-state index in [1.165, 1.54) is 12.1 Å². The first kappa shape index (κ1) is 16.8. The van der Waals surface area contributed by atoms with Crippen molar-refractivity contribution in [1.29, 1.82) is 0 Å². The van der Waals surface area contributed by atoms with E-state index in [1.54, 1.807) is 19.1 Å². The third kappa shape index (κ3) is 7.35. The number of halogens is 3. The summed E-state index contributed by atoms with van der Waals surface area (Å²) in [5.74, 6) is 0.206. The topological polar surface area (TPSA) is 32.7 Å². The van der Waals surface area contributed by atoms with Crippen molar-refractivity contribution in [1.82, 2.24) is 4.90 Å². The van der Waals surface area contributed by atoms with Gasteiger partial charge in [-0.15, -0.1) is 0 Å². The number of benzene rings is 1. The van der Waals surface area contributed by atoms with Gasteiger partial charge in [0.25, 0.3) is 0 Å². The van der Waals surface area contributed by atoms with Crippen molar-refractivity contribution < 1.29 is 23.0 Å². The second-order valence-electron chi connectivity index (χ2n) is 4.92. The summed E-state index contributed by atoms with van der Waals surface area (Å²) in [5.41, 5.74) is 0.984. The molecule has 0 aliphatic rings. The summed E-state index contributed by atoms with van der Waals surface area (Å²) in [6.07, 6.45) is -3.97. The molecule has 1 N–H and O–H groups in total. The smallest absolute Gasteiger partial charge is 0.422 e. The molecule has 0 radical (unpaired) electrons. The van der Waals surface area contributed by atoms with E-state index in [1.807, 2.05) is 11.9 Å². The fourth-order valence-corrected chi connectivity index (χ4v) is 1.65. The van der Waals surface area contributed by atoms with Gasteiger partial charge in [0, 0.05) is 13.1 Å². The van der Waals surface area contributed by atoms with E-state index in [0.29, 0.717) is 13.0 Å². The van der Waals surface area contributed by atoms with E-state index < -0.39 is 12.8 Å². The maximum Gasteiger partial charge on any atom is 0.422 e. The zero-order valence-electron chi connectivity index (χ0n) is 11.7. The van der Waals surface area contributed by atoms with Gasteiger partial charge in [0.1, 0.15) is 5.75 Å². The van der Waals surface area contributed by atoms with E-state index in [0.717, 1.165) is 12.1 Å². The first-order chi connectivity index (χ1) is 9.26. The van der Waals surface area contributed by atoms with Crippen molar-refractivity contribution in [2.45, 2.75) is 32.2 Å². The van der Waals surface area contributed by atoms with Crippen LogP contribution in [-0.2, 0) is 6.54 Å². The molecule has 0 saturated carbocycles. The maximum atomic E-state index is 12.0. The molecule has 1 aromatic carbocycles. The van der Waals surface area contributed by atoms with Crippen molar-refractivity contribution in [3.8, 4) is 5.75 Å². The number of aliphatic hydroxyl groups is 1. The van der Waals surface area contributed by atoms with E-state index >= 15 is 0 Å². The summed E-state index contributed by atoms with van der Waals surface area (Å²) in [7, 11) is 1.93. The van der Waals surface area contributed by atoms with Crippen molar-refractivity contribution in [2.24, 2.45) is 0 Å². The average Bonchev–Trinajstić information content (AvgIpc) is 2.34. The Morgan fingerprint density at radius 3 is 2.35 bits per heavy atom. The standard InChI is InChI=1S/C14H20F3NO2/c1-11(19)7-8-18(2)9-12-3-5-13(6-4-12)20-10-14(15,16)17/h3-6,11,19H,7-10H2,1-2H3. The molecule has 114 valence electrons. The number of alkyl halides is 3. The Hall–Kier alpha value is -1.27. The van der Waals surface area contributed by atoms with Crippen molar-refractivity contribution >= 4 is 0 Å². The summed E-state index contributed by atoms with van der Waals surface area (Å²) in [6.45, 7) is 1.89. The Labute approximate surface area is 117 Å². The molecule has 3 nitrogen and oxygen atoms in total. The minimum Gasteiger partial charge on any atom is -0.484 e. The lowest BCUT2D eigenvalue weighted by molar-refractivity contribution is -0.153. The van der Waals surface area contributed by atoms with Crippen LogP contribution in [0.25, 0.3) is 0 Å². The number of hydrogen-bond donors (Lipinski definition) is 1. The predicted molar refractivity (Wildman–Crippen MR) is 70.6 cm³/mol. The lowest BCUT2D eigenvalue weighted by Crippen LogP contribution is -2.22. The van der Waals surface area contributed by atoms with Crippen LogP contribution in [-0.4, -0.2) is 42.5 Å². The van der Waals surface area contributed by atoms with Gasteiger partial charge < -0.3 is 14.7 Å². The minimum atomic E-state index is -4.32. The largest absolute Gasteiger partial charge is 0.484 e. The molecule has 0 aromatic heterocycles. The zero-order valence-corrected chi connectivity index (χ0v) is 11.7. The first-order valence-electron chi connectivity index (χ1n) is 6.41. The van der Waals surface area contributed by atoms with Crippen LogP contribution in [0.2, 0.25) is 0 Å². The first-order valence-corrected chi connectivity index (χ1v) is 6.41.